The summed E-state index contributed by atoms with van der Waals surface area (Å²) in [5, 5.41) is 0. The molecule has 0 unspecified atom stereocenters. The Morgan fingerprint density at radius 2 is 1.12 bits per heavy atom. The van der Waals surface area contributed by atoms with E-state index >= 15 is 0 Å². The van der Waals surface area contributed by atoms with Gasteiger partial charge in [-0.2, -0.15) is 0 Å². The van der Waals surface area contributed by atoms with Crippen molar-refractivity contribution in [2.24, 2.45) is 0 Å². The summed E-state index contributed by atoms with van der Waals surface area (Å²) in [5.74, 6) is -1.12. The largest absolute Gasteiger partial charge is 0.460 e. The van der Waals surface area contributed by atoms with E-state index in [1.54, 1.807) is 24.3 Å². The van der Waals surface area contributed by atoms with Gasteiger partial charge in [0, 0.05) is 13.2 Å². The Kier molecular flexibility index (Phi) is 12.1. The van der Waals surface area contributed by atoms with Crippen molar-refractivity contribution in [2.75, 3.05) is 39.6 Å². The molecule has 146 valence electrons. The molecule has 0 heterocycles. The Balaban J connectivity index is 2.42. The molecule has 6 nitrogen and oxygen atoms in total. The molecule has 1 aromatic rings. The van der Waals surface area contributed by atoms with E-state index in [9.17, 15) is 9.59 Å². The fraction of sp³-hybridized carbons (Fsp3) is 0.600. The molecule has 6 heteroatoms. The number of hydrogen-bond donors (Lipinski definition) is 0. The number of carbonyl (C=O) groups excluding carboxylic acids is 2. The van der Waals surface area contributed by atoms with Crippen LogP contribution in [0.4, 0.5) is 0 Å². The van der Waals surface area contributed by atoms with Gasteiger partial charge in [-0.15, -0.1) is 0 Å². The zero-order valence-electron chi connectivity index (χ0n) is 15.8. The molecule has 0 aromatic heterocycles. The Bertz CT molecular complexity index is 482. The highest BCUT2D eigenvalue weighted by atomic mass is 16.6. The predicted octanol–water partition coefficient (Wildman–Crippen LogP) is 3.63. The lowest BCUT2D eigenvalue weighted by molar-refractivity contribution is 0.0276. The summed E-state index contributed by atoms with van der Waals surface area (Å²) < 4.78 is 21.0. The standard InChI is InChI=1S/C20H30O6/c1-3-5-11-23-13-15-25-19(21)17-9-7-8-10-18(17)20(22)26-16-14-24-12-6-4-2/h7-10H,3-6,11-16H2,1-2H3. The van der Waals surface area contributed by atoms with Crippen molar-refractivity contribution in [1.82, 2.24) is 0 Å². The van der Waals surface area contributed by atoms with Gasteiger partial charge >= 0.3 is 11.9 Å². The first-order valence-corrected chi connectivity index (χ1v) is 9.29. The van der Waals surface area contributed by atoms with Gasteiger partial charge in [0.25, 0.3) is 0 Å². The van der Waals surface area contributed by atoms with Crippen LogP contribution in [-0.2, 0) is 18.9 Å². The molecule has 1 rings (SSSR count). The summed E-state index contributed by atoms with van der Waals surface area (Å²) in [6.07, 6.45) is 4.06. The summed E-state index contributed by atoms with van der Waals surface area (Å²) in [7, 11) is 0. The molecule has 1 aromatic carbocycles. The first-order chi connectivity index (χ1) is 12.7. The molecule has 0 aliphatic rings. The lowest BCUT2D eigenvalue weighted by atomic mass is 10.1. The fourth-order valence-electron chi connectivity index (χ4n) is 2.08. The van der Waals surface area contributed by atoms with Crippen LogP contribution in [0.25, 0.3) is 0 Å². The zero-order valence-corrected chi connectivity index (χ0v) is 15.8. The number of ether oxygens (including phenoxy) is 4. The maximum atomic E-state index is 12.2. The number of rotatable bonds is 14. The number of unbranched alkanes of at least 4 members (excludes halogenated alkanes) is 2. The topological polar surface area (TPSA) is 71.1 Å². The number of carbonyl (C=O) groups is 2. The van der Waals surface area contributed by atoms with Crippen molar-refractivity contribution in [1.29, 1.82) is 0 Å². The number of hydrogen-bond acceptors (Lipinski definition) is 6. The van der Waals surface area contributed by atoms with Crippen LogP contribution < -0.4 is 0 Å². The maximum Gasteiger partial charge on any atom is 0.339 e. The Morgan fingerprint density at radius 1 is 0.692 bits per heavy atom. The summed E-state index contributed by atoms with van der Waals surface area (Å²) >= 11 is 0. The molecule has 0 N–H and O–H groups in total. The van der Waals surface area contributed by atoms with E-state index in [-0.39, 0.29) is 24.3 Å². The van der Waals surface area contributed by atoms with Crippen molar-refractivity contribution in [2.45, 2.75) is 39.5 Å². The van der Waals surface area contributed by atoms with E-state index in [4.69, 9.17) is 18.9 Å². The van der Waals surface area contributed by atoms with Crippen molar-refractivity contribution in [3.63, 3.8) is 0 Å². The third-order valence-corrected chi connectivity index (χ3v) is 3.57. The highest BCUT2D eigenvalue weighted by Gasteiger charge is 2.18. The quantitative estimate of drug-likeness (QED) is 0.370. The molecular weight excluding hydrogens is 336 g/mol. The van der Waals surface area contributed by atoms with Gasteiger partial charge in [0.05, 0.1) is 24.3 Å². The van der Waals surface area contributed by atoms with E-state index in [0.29, 0.717) is 26.4 Å². The van der Waals surface area contributed by atoms with Crippen LogP contribution in [0.15, 0.2) is 24.3 Å². The first-order valence-electron chi connectivity index (χ1n) is 9.29. The summed E-state index contributed by atoms with van der Waals surface area (Å²) in [6, 6.07) is 6.46. The molecule has 0 bridgehead atoms. The minimum Gasteiger partial charge on any atom is -0.460 e. The van der Waals surface area contributed by atoms with E-state index in [0.717, 1.165) is 25.7 Å². The van der Waals surface area contributed by atoms with Gasteiger partial charge in [-0.1, -0.05) is 38.8 Å². The average Bonchev–Trinajstić information content (AvgIpc) is 2.67. The lowest BCUT2D eigenvalue weighted by Crippen LogP contribution is -2.17. The SMILES string of the molecule is CCCCOCCOC(=O)c1ccccc1C(=O)OCCOCCCC. The third-order valence-electron chi connectivity index (χ3n) is 3.57. The Hall–Kier alpha value is -1.92. The Morgan fingerprint density at radius 3 is 1.50 bits per heavy atom. The normalized spacial score (nSPS) is 10.5. The van der Waals surface area contributed by atoms with Crippen LogP contribution in [0, 0.1) is 0 Å². The van der Waals surface area contributed by atoms with E-state index < -0.39 is 11.9 Å². The minimum atomic E-state index is -0.559. The van der Waals surface area contributed by atoms with Crippen molar-refractivity contribution < 1.29 is 28.5 Å². The molecule has 0 saturated carbocycles. The molecule has 0 atom stereocenters. The van der Waals surface area contributed by atoms with Crippen LogP contribution in [0.3, 0.4) is 0 Å². The van der Waals surface area contributed by atoms with E-state index in [2.05, 4.69) is 13.8 Å². The maximum absolute atomic E-state index is 12.2. The van der Waals surface area contributed by atoms with Crippen molar-refractivity contribution in [3.05, 3.63) is 35.4 Å². The van der Waals surface area contributed by atoms with Gasteiger partial charge in [-0.25, -0.2) is 9.59 Å². The van der Waals surface area contributed by atoms with Gasteiger partial charge in [0.15, 0.2) is 0 Å². The van der Waals surface area contributed by atoms with E-state index in [1.807, 2.05) is 0 Å². The number of esters is 2. The second kappa shape index (κ2) is 14.3. The molecule has 26 heavy (non-hydrogen) atoms. The van der Waals surface area contributed by atoms with Crippen LogP contribution in [0.2, 0.25) is 0 Å². The van der Waals surface area contributed by atoms with Gasteiger partial charge in [0.1, 0.15) is 13.2 Å². The summed E-state index contributed by atoms with van der Waals surface area (Å²) in [4.78, 5) is 24.4. The van der Waals surface area contributed by atoms with Crippen LogP contribution in [0.5, 0.6) is 0 Å². The molecule has 0 amide bonds. The minimum absolute atomic E-state index is 0.150. The average molecular weight is 366 g/mol. The molecule has 0 saturated heterocycles. The lowest BCUT2D eigenvalue weighted by Gasteiger charge is -2.10. The van der Waals surface area contributed by atoms with Crippen LogP contribution in [0.1, 0.15) is 60.2 Å². The van der Waals surface area contributed by atoms with Gasteiger partial charge in [-0.3, -0.25) is 0 Å². The highest BCUT2D eigenvalue weighted by molar-refractivity contribution is 6.03. The monoisotopic (exact) mass is 366 g/mol. The molecule has 0 spiro atoms. The summed E-state index contributed by atoms with van der Waals surface area (Å²) in [5.41, 5.74) is 0.385. The van der Waals surface area contributed by atoms with Crippen LogP contribution >= 0.6 is 0 Å². The van der Waals surface area contributed by atoms with Gasteiger partial charge in [-0.05, 0) is 25.0 Å². The second-order valence-electron chi connectivity index (χ2n) is 5.75. The fourth-order valence-corrected chi connectivity index (χ4v) is 2.08. The molecular formula is C20H30O6. The second-order valence-corrected chi connectivity index (χ2v) is 5.75. The molecule has 0 radical (unpaired) electrons. The smallest absolute Gasteiger partial charge is 0.339 e. The summed E-state index contributed by atoms with van der Waals surface area (Å²) in [6.45, 7) is 6.44. The third kappa shape index (κ3) is 8.97. The molecule has 0 aliphatic heterocycles. The van der Waals surface area contributed by atoms with Gasteiger partial charge < -0.3 is 18.9 Å². The van der Waals surface area contributed by atoms with Crippen molar-refractivity contribution >= 4 is 11.9 Å². The van der Waals surface area contributed by atoms with Crippen LogP contribution in [-0.4, -0.2) is 51.6 Å². The first kappa shape index (κ1) is 22.1. The molecule has 0 aliphatic carbocycles. The Labute approximate surface area is 155 Å². The number of benzene rings is 1. The van der Waals surface area contributed by atoms with Gasteiger partial charge in [0.2, 0.25) is 0 Å². The molecule has 0 fully saturated rings. The van der Waals surface area contributed by atoms with E-state index in [1.165, 1.54) is 0 Å². The van der Waals surface area contributed by atoms with Crippen molar-refractivity contribution in [3.8, 4) is 0 Å². The zero-order chi connectivity index (χ0) is 19.0. The predicted molar refractivity (Wildman–Crippen MR) is 98.5 cm³/mol. The highest BCUT2D eigenvalue weighted by Crippen LogP contribution is 2.12.